The normalized spacial score (nSPS) is 19.7. The molecule has 1 aromatic rings. The molecule has 1 unspecified atom stereocenters. The van der Waals surface area contributed by atoms with E-state index in [0.29, 0.717) is 37.8 Å². The third kappa shape index (κ3) is 4.66. The average Bonchev–Trinajstić information content (AvgIpc) is 2.65. The van der Waals surface area contributed by atoms with E-state index in [2.05, 4.69) is 0 Å². The van der Waals surface area contributed by atoms with Crippen molar-refractivity contribution in [2.24, 2.45) is 0 Å². The molecule has 1 saturated heterocycles. The Balaban J connectivity index is 1.78. The monoisotopic (exact) mass is 315 g/mol. The largest absolute Gasteiger partial charge is 0.389 e. The van der Waals surface area contributed by atoms with Gasteiger partial charge in [0.15, 0.2) is 0 Å². The number of thioether (sulfide) groups is 1. The standard InChI is InChI=1S/C14H18ClNO3S/c15-13-4-2-1-3-11(13)9-20-10-14(18)16-5-6-19-8-12(17)7-16/h1-4,12,17H,5-10H2. The van der Waals surface area contributed by atoms with E-state index in [1.807, 2.05) is 24.3 Å². The van der Waals surface area contributed by atoms with Crippen molar-refractivity contribution in [3.63, 3.8) is 0 Å². The number of β-amino-alcohol motifs (C(OH)–C–C–N with tert-alkyl or cyclic N) is 1. The van der Waals surface area contributed by atoms with Gasteiger partial charge in [-0.25, -0.2) is 0 Å². The van der Waals surface area contributed by atoms with Crippen LogP contribution in [0.15, 0.2) is 24.3 Å². The summed E-state index contributed by atoms with van der Waals surface area (Å²) in [6, 6.07) is 7.64. The predicted octanol–water partition coefficient (Wildman–Crippen LogP) is 1.79. The maximum Gasteiger partial charge on any atom is 0.232 e. The zero-order valence-electron chi connectivity index (χ0n) is 11.1. The van der Waals surface area contributed by atoms with E-state index in [4.69, 9.17) is 16.3 Å². The summed E-state index contributed by atoms with van der Waals surface area (Å²) in [4.78, 5) is 13.7. The minimum Gasteiger partial charge on any atom is -0.389 e. The molecule has 1 heterocycles. The first kappa shape index (κ1) is 15.6. The second-order valence-electron chi connectivity index (χ2n) is 4.65. The maximum atomic E-state index is 12.1. The number of hydrogen-bond acceptors (Lipinski definition) is 4. The molecule has 6 heteroatoms. The first-order valence-corrected chi connectivity index (χ1v) is 8.05. The van der Waals surface area contributed by atoms with Gasteiger partial charge in [-0.2, -0.15) is 0 Å². The molecule has 1 fully saturated rings. The van der Waals surface area contributed by atoms with E-state index in [1.165, 1.54) is 11.8 Å². The van der Waals surface area contributed by atoms with Crippen LogP contribution in [0.5, 0.6) is 0 Å². The number of benzene rings is 1. The Morgan fingerprint density at radius 1 is 1.50 bits per heavy atom. The molecule has 2 rings (SSSR count). The smallest absolute Gasteiger partial charge is 0.232 e. The van der Waals surface area contributed by atoms with Crippen LogP contribution in [0.3, 0.4) is 0 Å². The molecule has 0 spiro atoms. The molecule has 1 amide bonds. The summed E-state index contributed by atoms with van der Waals surface area (Å²) >= 11 is 7.60. The number of rotatable bonds is 4. The number of ether oxygens (including phenoxy) is 1. The van der Waals surface area contributed by atoms with E-state index >= 15 is 0 Å². The summed E-state index contributed by atoms with van der Waals surface area (Å²) in [5.41, 5.74) is 1.03. The van der Waals surface area contributed by atoms with Crippen molar-refractivity contribution in [2.75, 3.05) is 32.1 Å². The number of hydrogen-bond donors (Lipinski definition) is 1. The van der Waals surface area contributed by atoms with Crippen molar-refractivity contribution in [2.45, 2.75) is 11.9 Å². The van der Waals surface area contributed by atoms with Gasteiger partial charge in [0.05, 0.1) is 25.1 Å². The lowest BCUT2D eigenvalue weighted by atomic mass is 10.2. The fourth-order valence-corrected chi connectivity index (χ4v) is 3.19. The molecule has 0 aliphatic carbocycles. The van der Waals surface area contributed by atoms with Gasteiger partial charge in [0.1, 0.15) is 0 Å². The second-order valence-corrected chi connectivity index (χ2v) is 6.05. The van der Waals surface area contributed by atoms with Gasteiger partial charge in [-0.15, -0.1) is 11.8 Å². The lowest BCUT2D eigenvalue weighted by molar-refractivity contribution is -0.129. The zero-order chi connectivity index (χ0) is 14.4. The Morgan fingerprint density at radius 2 is 2.30 bits per heavy atom. The zero-order valence-corrected chi connectivity index (χ0v) is 12.7. The lowest BCUT2D eigenvalue weighted by Gasteiger charge is -2.21. The van der Waals surface area contributed by atoms with Crippen molar-refractivity contribution in [3.05, 3.63) is 34.9 Å². The van der Waals surface area contributed by atoms with E-state index < -0.39 is 6.10 Å². The minimum atomic E-state index is -0.588. The summed E-state index contributed by atoms with van der Waals surface area (Å²) in [6.45, 7) is 1.68. The fraction of sp³-hybridized carbons (Fsp3) is 0.500. The Labute approximate surface area is 128 Å². The highest BCUT2D eigenvalue weighted by Crippen LogP contribution is 2.21. The molecule has 0 saturated carbocycles. The summed E-state index contributed by atoms with van der Waals surface area (Å²) in [6.07, 6.45) is -0.588. The van der Waals surface area contributed by atoms with Gasteiger partial charge in [-0.3, -0.25) is 4.79 Å². The second kappa shape index (κ2) is 7.88. The van der Waals surface area contributed by atoms with Crippen LogP contribution in [0.1, 0.15) is 5.56 Å². The van der Waals surface area contributed by atoms with Crippen molar-refractivity contribution in [3.8, 4) is 0 Å². The van der Waals surface area contributed by atoms with Crippen LogP contribution >= 0.6 is 23.4 Å². The molecule has 110 valence electrons. The Bertz CT molecular complexity index is 458. The summed E-state index contributed by atoms with van der Waals surface area (Å²) < 4.78 is 5.21. The van der Waals surface area contributed by atoms with Crippen molar-refractivity contribution in [1.82, 2.24) is 4.90 Å². The average molecular weight is 316 g/mol. The number of carbonyl (C=O) groups is 1. The number of amides is 1. The molecule has 1 N–H and O–H groups in total. The number of halogens is 1. The van der Waals surface area contributed by atoms with Crippen LogP contribution in [0, 0.1) is 0 Å². The Kier molecular flexibility index (Phi) is 6.16. The van der Waals surface area contributed by atoms with Crippen molar-refractivity contribution >= 4 is 29.3 Å². The molecule has 0 radical (unpaired) electrons. The van der Waals surface area contributed by atoms with Crippen LogP contribution < -0.4 is 0 Å². The Morgan fingerprint density at radius 3 is 3.10 bits per heavy atom. The molecular weight excluding hydrogens is 298 g/mol. The highest BCUT2D eigenvalue weighted by atomic mass is 35.5. The molecule has 20 heavy (non-hydrogen) atoms. The van der Waals surface area contributed by atoms with Gasteiger partial charge in [0.2, 0.25) is 5.91 Å². The third-order valence-corrected chi connectivity index (χ3v) is 4.38. The van der Waals surface area contributed by atoms with E-state index in [0.717, 1.165) is 10.6 Å². The number of aliphatic hydroxyl groups is 1. The molecule has 1 atom stereocenters. The molecule has 1 aromatic carbocycles. The fourth-order valence-electron chi connectivity index (χ4n) is 1.97. The summed E-state index contributed by atoms with van der Waals surface area (Å²) in [5, 5.41) is 10.3. The number of aliphatic hydroxyl groups excluding tert-OH is 1. The predicted molar refractivity (Wildman–Crippen MR) is 81.0 cm³/mol. The minimum absolute atomic E-state index is 0.0339. The van der Waals surface area contributed by atoms with Crippen LogP contribution in [0.25, 0.3) is 0 Å². The highest BCUT2D eigenvalue weighted by Gasteiger charge is 2.20. The van der Waals surface area contributed by atoms with Gasteiger partial charge < -0.3 is 14.7 Å². The van der Waals surface area contributed by atoms with E-state index in [1.54, 1.807) is 4.90 Å². The molecule has 0 aromatic heterocycles. The van der Waals surface area contributed by atoms with Gasteiger partial charge in [0.25, 0.3) is 0 Å². The first-order valence-electron chi connectivity index (χ1n) is 6.51. The van der Waals surface area contributed by atoms with Gasteiger partial charge in [0, 0.05) is 23.9 Å². The number of nitrogens with zero attached hydrogens (tertiary/aromatic N) is 1. The molecule has 4 nitrogen and oxygen atoms in total. The highest BCUT2D eigenvalue weighted by molar-refractivity contribution is 7.99. The van der Waals surface area contributed by atoms with E-state index in [-0.39, 0.29) is 5.91 Å². The van der Waals surface area contributed by atoms with Gasteiger partial charge in [-0.1, -0.05) is 29.8 Å². The van der Waals surface area contributed by atoms with Crippen molar-refractivity contribution < 1.29 is 14.6 Å². The summed E-state index contributed by atoms with van der Waals surface area (Å²) in [7, 11) is 0. The Hall–Kier alpha value is -0.750. The lowest BCUT2D eigenvalue weighted by Crippen LogP contribution is -2.38. The van der Waals surface area contributed by atoms with E-state index in [9.17, 15) is 9.90 Å². The van der Waals surface area contributed by atoms with Gasteiger partial charge in [-0.05, 0) is 11.6 Å². The number of carbonyl (C=O) groups excluding carboxylic acids is 1. The van der Waals surface area contributed by atoms with Gasteiger partial charge >= 0.3 is 0 Å². The van der Waals surface area contributed by atoms with Crippen molar-refractivity contribution in [1.29, 1.82) is 0 Å². The van der Waals surface area contributed by atoms with Crippen LogP contribution in [-0.2, 0) is 15.3 Å². The van der Waals surface area contributed by atoms with Crippen LogP contribution in [-0.4, -0.2) is 54.1 Å². The quantitative estimate of drug-likeness (QED) is 0.920. The first-order chi connectivity index (χ1) is 9.66. The summed E-state index contributed by atoms with van der Waals surface area (Å²) in [5.74, 6) is 1.13. The van der Waals surface area contributed by atoms with Crippen LogP contribution in [0.4, 0.5) is 0 Å². The molecule has 1 aliphatic rings. The maximum absolute atomic E-state index is 12.1. The van der Waals surface area contributed by atoms with Crippen LogP contribution in [0.2, 0.25) is 5.02 Å². The molecule has 1 aliphatic heterocycles. The molecular formula is C14H18ClNO3S. The SMILES string of the molecule is O=C(CSCc1ccccc1Cl)N1CCOCC(O)C1. The third-order valence-electron chi connectivity index (χ3n) is 3.04. The molecule has 0 bridgehead atoms. The topological polar surface area (TPSA) is 49.8 Å².